The van der Waals surface area contributed by atoms with E-state index in [1.54, 1.807) is 0 Å². The van der Waals surface area contributed by atoms with Crippen molar-refractivity contribution in [2.45, 2.75) is 46.1 Å². The van der Waals surface area contributed by atoms with Gasteiger partial charge in [-0.25, -0.2) is 0 Å². The number of carbonyl (C=O) groups excluding carboxylic acids is 1. The van der Waals surface area contributed by atoms with E-state index < -0.39 is 0 Å². The number of carbonyl (C=O) groups is 1. The summed E-state index contributed by atoms with van der Waals surface area (Å²) in [6.07, 6.45) is 3.34. The Morgan fingerprint density at radius 2 is 2.05 bits per heavy atom. The van der Waals surface area contributed by atoms with E-state index in [1.807, 2.05) is 0 Å². The van der Waals surface area contributed by atoms with Crippen molar-refractivity contribution >= 4 is 5.91 Å². The van der Waals surface area contributed by atoms with Gasteiger partial charge >= 0.3 is 0 Å². The normalized spacial score (nSPS) is 18.5. The molecule has 0 saturated carbocycles. The van der Waals surface area contributed by atoms with E-state index in [1.165, 1.54) is 0 Å². The number of hydrogen-bond acceptors (Lipinski definition) is 4. The van der Waals surface area contributed by atoms with Crippen LogP contribution < -0.4 is 10.6 Å². The van der Waals surface area contributed by atoms with Gasteiger partial charge in [0.15, 0.2) is 0 Å². The highest BCUT2D eigenvalue weighted by Crippen LogP contribution is 2.00. The summed E-state index contributed by atoms with van der Waals surface area (Å²) in [5.41, 5.74) is 0. The zero-order valence-electron chi connectivity index (χ0n) is 14.2. The third-order valence-corrected chi connectivity index (χ3v) is 4.21. The summed E-state index contributed by atoms with van der Waals surface area (Å²) in [4.78, 5) is 16.7. The molecule has 2 N–H and O–H groups in total. The number of hydrogen-bond donors (Lipinski definition) is 2. The Morgan fingerprint density at radius 1 is 1.29 bits per heavy atom. The largest absolute Gasteiger partial charge is 0.353 e. The second kappa shape index (κ2) is 11.0. The van der Waals surface area contributed by atoms with E-state index in [4.69, 9.17) is 0 Å². The van der Waals surface area contributed by atoms with Crippen LogP contribution in [-0.4, -0.2) is 74.1 Å². The molecule has 0 spiro atoms. The van der Waals surface area contributed by atoms with Crippen LogP contribution in [0.4, 0.5) is 0 Å². The number of rotatable bonds is 9. The highest BCUT2D eigenvalue weighted by Gasteiger charge is 2.14. The fourth-order valence-corrected chi connectivity index (χ4v) is 2.82. The summed E-state index contributed by atoms with van der Waals surface area (Å²) in [6.45, 7) is 14.5. The third kappa shape index (κ3) is 8.39. The van der Waals surface area contributed by atoms with E-state index >= 15 is 0 Å². The van der Waals surface area contributed by atoms with Crippen molar-refractivity contribution in [3.63, 3.8) is 0 Å². The van der Waals surface area contributed by atoms with Gasteiger partial charge in [-0.05, 0) is 58.9 Å². The van der Waals surface area contributed by atoms with E-state index in [-0.39, 0.29) is 11.9 Å². The van der Waals surface area contributed by atoms with Crippen LogP contribution in [0.5, 0.6) is 0 Å². The Labute approximate surface area is 130 Å². The van der Waals surface area contributed by atoms with E-state index in [9.17, 15) is 4.79 Å². The first kappa shape index (κ1) is 18.4. The molecule has 5 heteroatoms. The van der Waals surface area contributed by atoms with Crippen molar-refractivity contribution < 1.29 is 4.79 Å². The summed E-state index contributed by atoms with van der Waals surface area (Å²) in [6, 6.07) is 0.276. The first-order valence-corrected chi connectivity index (χ1v) is 8.60. The molecule has 124 valence electrons. The molecule has 21 heavy (non-hydrogen) atoms. The molecule has 5 nitrogen and oxygen atoms in total. The maximum atomic E-state index is 12.1. The lowest BCUT2D eigenvalue weighted by Gasteiger charge is -2.22. The SMILES string of the molecule is CCN(CC)CCCC(C)NC(=O)CN1CCCNCC1. The predicted molar refractivity (Wildman–Crippen MR) is 88.6 cm³/mol. The van der Waals surface area contributed by atoms with Gasteiger partial charge in [0.1, 0.15) is 0 Å². The molecule has 1 fully saturated rings. The summed E-state index contributed by atoms with van der Waals surface area (Å²) >= 11 is 0. The van der Waals surface area contributed by atoms with Crippen LogP contribution in [0.3, 0.4) is 0 Å². The Bertz CT molecular complexity index is 273. The second-order valence-electron chi connectivity index (χ2n) is 6.02. The first-order valence-electron chi connectivity index (χ1n) is 8.60. The van der Waals surface area contributed by atoms with Crippen LogP contribution >= 0.6 is 0 Å². The molecule has 0 aliphatic carbocycles. The van der Waals surface area contributed by atoms with Gasteiger partial charge in [-0.2, -0.15) is 0 Å². The Kier molecular flexibility index (Phi) is 9.63. The highest BCUT2D eigenvalue weighted by molar-refractivity contribution is 5.78. The first-order chi connectivity index (χ1) is 10.2. The smallest absolute Gasteiger partial charge is 0.234 e. The molecule has 1 atom stereocenters. The molecular weight excluding hydrogens is 264 g/mol. The second-order valence-corrected chi connectivity index (χ2v) is 6.02. The van der Waals surface area contributed by atoms with Gasteiger partial charge in [0.25, 0.3) is 0 Å². The minimum atomic E-state index is 0.173. The quantitative estimate of drug-likeness (QED) is 0.664. The summed E-state index contributed by atoms with van der Waals surface area (Å²) in [7, 11) is 0. The van der Waals surface area contributed by atoms with Gasteiger partial charge in [-0.3, -0.25) is 9.69 Å². The van der Waals surface area contributed by atoms with Crippen molar-refractivity contribution in [2.24, 2.45) is 0 Å². The van der Waals surface area contributed by atoms with E-state index in [2.05, 4.69) is 41.2 Å². The molecule has 0 aromatic carbocycles. The van der Waals surface area contributed by atoms with Crippen LogP contribution in [0.25, 0.3) is 0 Å². The molecule has 0 radical (unpaired) electrons. The zero-order valence-corrected chi connectivity index (χ0v) is 14.2. The van der Waals surface area contributed by atoms with Gasteiger partial charge in [0.2, 0.25) is 5.91 Å². The zero-order chi connectivity index (χ0) is 15.5. The van der Waals surface area contributed by atoms with Crippen LogP contribution in [0.1, 0.15) is 40.0 Å². The maximum Gasteiger partial charge on any atom is 0.234 e. The molecule has 0 aromatic heterocycles. The van der Waals surface area contributed by atoms with Gasteiger partial charge < -0.3 is 15.5 Å². The van der Waals surface area contributed by atoms with Crippen LogP contribution in [0.2, 0.25) is 0 Å². The van der Waals surface area contributed by atoms with Gasteiger partial charge in [0.05, 0.1) is 6.54 Å². The fraction of sp³-hybridized carbons (Fsp3) is 0.938. The number of nitrogens with zero attached hydrogens (tertiary/aromatic N) is 2. The van der Waals surface area contributed by atoms with Gasteiger partial charge in [-0.15, -0.1) is 0 Å². The van der Waals surface area contributed by atoms with Crippen molar-refractivity contribution in [3.05, 3.63) is 0 Å². The summed E-state index contributed by atoms with van der Waals surface area (Å²) < 4.78 is 0. The molecule has 1 aliphatic rings. The van der Waals surface area contributed by atoms with E-state index in [0.29, 0.717) is 6.54 Å². The average molecular weight is 298 g/mol. The van der Waals surface area contributed by atoms with Crippen LogP contribution in [0.15, 0.2) is 0 Å². The van der Waals surface area contributed by atoms with Crippen LogP contribution in [0, 0.1) is 0 Å². The predicted octanol–water partition coefficient (Wildman–Crippen LogP) is 0.908. The molecule has 1 saturated heterocycles. The Morgan fingerprint density at radius 3 is 2.76 bits per heavy atom. The van der Waals surface area contributed by atoms with Crippen LogP contribution in [-0.2, 0) is 4.79 Å². The monoisotopic (exact) mass is 298 g/mol. The minimum Gasteiger partial charge on any atom is -0.353 e. The Balaban J connectivity index is 2.14. The van der Waals surface area contributed by atoms with Crippen molar-refractivity contribution in [3.8, 4) is 0 Å². The molecular formula is C16H34N4O. The van der Waals surface area contributed by atoms with E-state index in [0.717, 1.165) is 65.1 Å². The summed E-state index contributed by atoms with van der Waals surface area (Å²) in [5.74, 6) is 0.173. The lowest BCUT2D eigenvalue weighted by atomic mass is 10.1. The molecule has 1 aliphatic heterocycles. The standard InChI is InChI=1S/C16H34N4O/c1-4-19(5-2)11-6-8-15(3)18-16(21)14-20-12-7-9-17-10-13-20/h15,17H,4-14H2,1-3H3,(H,18,21). The topological polar surface area (TPSA) is 47.6 Å². The number of nitrogens with one attached hydrogen (secondary N) is 2. The maximum absolute atomic E-state index is 12.1. The third-order valence-electron chi connectivity index (χ3n) is 4.21. The molecule has 0 aromatic rings. The molecule has 1 unspecified atom stereocenters. The van der Waals surface area contributed by atoms with Crippen molar-refractivity contribution in [1.29, 1.82) is 0 Å². The summed E-state index contributed by atoms with van der Waals surface area (Å²) in [5, 5.41) is 6.50. The van der Waals surface area contributed by atoms with Crippen molar-refractivity contribution in [2.75, 3.05) is 52.4 Å². The van der Waals surface area contributed by atoms with Gasteiger partial charge in [0, 0.05) is 19.1 Å². The number of amides is 1. The molecule has 1 heterocycles. The molecule has 1 amide bonds. The Hall–Kier alpha value is -0.650. The minimum absolute atomic E-state index is 0.173. The van der Waals surface area contributed by atoms with Gasteiger partial charge in [-0.1, -0.05) is 13.8 Å². The lowest BCUT2D eigenvalue weighted by molar-refractivity contribution is -0.122. The lowest BCUT2D eigenvalue weighted by Crippen LogP contribution is -2.42. The fourth-order valence-electron chi connectivity index (χ4n) is 2.82. The molecule has 1 rings (SSSR count). The molecule has 0 bridgehead atoms. The average Bonchev–Trinajstić information content (AvgIpc) is 2.72. The highest BCUT2D eigenvalue weighted by atomic mass is 16.2. The van der Waals surface area contributed by atoms with Crippen molar-refractivity contribution in [1.82, 2.24) is 20.4 Å².